The van der Waals surface area contributed by atoms with Gasteiger partial charge in [-0.2, -0.15) is 0 Å². The average Bonchev–Trinajstić information content (AvgIpc) is 2.81. The SMILES string of the molecule is CCOC(=O)c1cnc(N2CC(C)C(C(=O)O)C2)nc1C. The molecule has 2 heterocycles. The molecule has 1 aliphatic rings. The molecule has 0 aromatic carbocycles. The van der Waals surface area contributed by atoms with Crippen molar-refractivity contribution in [2.24, 2.45) is 11.8 Å². The van der Waals surface area contributed by atoms with Crippen LogP contribution in [-0.4, -0.2) is 46.7 Å². The van der Waals surface area contributed by atoms with Crippen molar-refractivity contribution < 1.29 is 19.4 Å². The molecular formula is C14H19N3O4. The molecule has 2 atom stereocenters. The van der Waals surface area contributed by atoms with Gasteiger partial charge in [-0.3, -0.25) is 4.79 Å². The van der Waals surface area contributed by atoms with Gasteiger partial charge in [0.2, 0.25) is 5.95 Å². The van der Waals surface area contributed by atoms with E-state index in [9.17, 15) is 9.59 Å². The molecule has 1 fully saturated rings. The molecule has 7 heteroatoms. The van der Waals surface area contributed by atoms with Crippen LogP contribution in [0.5, 0.6) is 0 Å². The molecule has 114 valence electrons. The van der Waals surface area contributed by atoms with E-state index >= 15 is 0 Å². The Hall–Kier alpha value is -2.18. The van der Waals surface area contributed by atoms with Crippen LogP contribution in [0.4, 0.5) is 5.95 Å². The molecule has 0 bridgehead atoms. The molecular weight excluding hydrogens is 274 g/mol. The number of rotatable bonds is 4. The third-order valence-corrected chi connectivity index (χ3v) is 3.67. The summed E-state index contributed by atoms with van der Waals surface area (Å²) < 4.78 is 4.93. The normalized spacial score (nSPS) is 21.4. The number of ether oxygens (including phenoxy) is 1. The zero-order valence-corrected chi connectivity index (χ0v) is 12.4. The third kappa shape index (κ3) is 3.12. The first-order valence-electron chi connectivity index (χ1n) is 6.92. The molecule has 0 saturated carbocycles. The number of carboxylic acid groups (broad SMARTS) is 1. The van der Waals surface area contributed by atoms with Crippen LogP contribution in [0.25, 0.3) is 0 Å². The van der Waals surface area contributed by atoms with Crippen molar-refractivity contribution in [3.8, 4) is 0 Å². The van der Waals surface area contributed by atoms with E-state index in [1.54, 1.807) is 13.8 Å². The first-order valence-corrected chi connectivity index (χ1v) is 6.92. The van der Waals surface area contributed by atoms with Crippen LogP contribution in [0.1, 0.15) is 29.9 Å². The zero-order chi connectivity index (χ0) is 15.6. The van der Waals surface area contributed by atoms with Gasteiger partial charge in [-0.25, -0.2) is 14.8 Å². The minimum atomic E-state index is -0.801. The molecule has 2 rings (SSSR count). The second-order valence-corrected chi connectivity index (χ2v) is 5.22. The Morgan fingerprint density at radius 2 is 2.19 bits per heavy atom. The highest BCUT2D eigenvalue weighted by molar-refractivity contribution is 5.90. The van der Waals surface area contributed by atoms with Crippen molar-refractivity contribution >= 4 is 17.9 Å². The van der Waals surface area contributed by atoms with Crippen LogP contribution in [0.3, 0.4) is 0 Å². The topological polar surface area (TPSA) is 92.6 Å². The van der Waals surface area contributed by atoms with Crippen molar-refractivity contribution in [1.29, 1.82) is 0 Å². The summed E-state index contributed by atoms with van der Waals surface area (Å²) in [6.45, 7) is 6.62. The van der Waals surface area contributed by atoms with Crippen molar-refractivity contribution in [2.75, 3.05) is 24.6 Å². The number of esters is 1. The van der Waals surface area contributed by atoms with Gasteiger partial charge in [0.1, 0.15) is 0 Å². The maximum absolute atomic E-state index is 11.7. The molecule has 0 aliphatic carbocycles. The predicted octanol–water partition coefficient (Wildman–Crippen LogP) is 1.12. The number of hydrogen-bond acceptors (Lipinski definition) is 6. The second-order valence-electron chi connectivity index (χ2n) is 5.22. The summed E-state index contributed by atoms with van der Waals surface area (Å²) in [5.74, 6) is -1.17. The molecule has 0 radical (unpaired) electrons. The van der Waals surface area contributed by atoms with Gasteiger partial charge in [0.15, 0.2) is 0 Å². The van der Waals surface area contributed by atoms with Crippen LogP contribution >= 0.6 is 0 Å². The predicted molar refractivity (Wildman–Crippen MR) is 75.2 cm³/mol. The number of anilines is 1. The minimum absolute atomic E-state index is 0.0381. The van der Waals surface area contributed by atoms with E-state index in [0.717, 1.165) is 0 Å². The first kappa shape index (κ1) is 15.2. The van der Waals surface area contributed by atoms with Gasteiger partial charge in [-0.15, -0.1) is 0 Å². The Kier molecular flexibility index (Phi) is 4.40. The largest absolute Gasteiger partial charge is 0.481 e. The summed E-state index contributed by atoms with van der Waals surface area (Å²) in [5.41, 5.74) is 0.868. The fraction of sp³-hybridized carbons (Fsp3) is 0.571. The molecule has 21 heavy (non-hydrogen) atoms. The lowest BCUT2D eigenvalue weighted by Crippen LogP contribution is -2.25. The van der Waals surface area contributed by atoms with Gasteiger partial charge in [0.25, 0.3) is 0 Å². The number of carbonyl (C=O) groups excluding carboxylic acids is 1. The van der Waals surface area contributed by atoms with Crippen LogP contribution in [0.15, 0.2) is 6.20 Å². The van der Waals surface area contributed by atoms with Crippen LogP contribution in [-0.2, 0) is 9.53 Å². The first-order chi connectivity index (χ1) is 9.93. The second kappa shape index (κ2) is 6.07. The number of hydrogen-bond donors (Lipinski definition) is 1. The lowest BCUT2D eigenvalue weighted by Gasteiger charge is -2.16. The van der Waals surface area contributed by atoms with Gasteiger partial charge in [-0.1, -0.05) is 6.92 Å². The number of aromatic nitrogens is 2. The van der Waals surface area contributed by atoms with Gasteiger partial charge < -0.3 is 14.7 Å². The summed E-state index contributed by atoms with van der Waals surface area (Å²) in [6.07, 6.45) is 1.44. The average molecular weight is 293 g/mol. The quantitative estimate of drug-likeness (QED) is 0.831. The number of aryl methyl sites for hydroxylation is 1. The fourth-order valence-corrected chi connectivity index (χ4v) is 2.47. The molecule has 1 aromatic rings. The Labute approximate surface area is 123 Å². The Bertz CT molecular complexity index is 561. The summed E-state index contributed by atoms with van der Waals surface area (Å²) >= 11 is 0. The smallest absolute Gasteiger partial charge is 0.341 e. The highest BCUT2D eigenvalue weighted by atomic mass is 16.5. The van der Waals surface area contributed by atoms with Crippen molar-refractivity contribution in [3.63, 3.8) is 0 Å². The van der Waals surface area contributed by atoms with Crippen LogP contribution < -0.4 is 4.90 Å². The van der Waals surface area contributed by atoms with Gasteiger partial charge in [0.05, 0.1) is 23.8 Å². The third-order valence-electron chi connectivity index (χ3n) is 3.67. The number of aliphatic carboxylic acids is 1. The van der Waals surface area contributed by atoms with E-state index in [-0.39, 0.29) is 5.92 Å². The van der Waals surface area contributed by atoms with Crippen LogP contribution in [0, 0.1) is 18.8 Å². The molecule has 7 nitrogen and oxygen atoms in total. The number of nitrogens with zero attached hydrogens (tertiary/aromatic N) is 3. The van der Waals surface area contributed by atoms with Gasteiger partial charge >= 0.3 is 11.9 Å². The maximum Gasteiger partial charge on any atom is 0.341 e. The summed E-state index contributed by atoms with van der Waals surface area (Å²) in [5, 5.41) is 9.15. The van der Waals surface area contributed by atoms with E-state index in [2.05, 4.69) is 9.97 Å². The number of carboxylic acids is 1. The van der Waals surface area contributed by atoms with E-state index < -0.39 is 17.9 Å². The zero-order valence-electron chi connectivity index (χ0n) is 12.4. The molecule has 1 saturated heterocycles. The van der Waals surface area contributed by atoms with E-state index in [1.165, 1.54) is 6.20 Å². The summed E-state index contributed by atoms with van der Waals surface area (Å²) in [7, 11) is 0. The standard InChI is InChI=1S/C14H19N3O4/c1-4-21-13(20)10-5-15-14(16-9(10)3)17-6-8(2)11(7-17)12(18)19/h5,8,11H,4,6-7H2,1-3H3,(H,18,19). The van der Waals surface area contributed by atoms with Crippen molar-refractivity contribution in [1.82, 2.24) is 9.97 Å². The molecule has 0 spiro atoms. The van der Waals surface area contributed by atoms with E-state index in [4.69, 9.17) is 9.84 Å². The highest BCUT2D eigenvalue weighted by Crippen LogP contribution is 2.26. The molecule has 1 N–H and O–H groups in total. The minimum Gasteiger partial charge on any atom is -0.481 e. The molecule has 1 aliphatic heterocycles. The van der Waals surface area contributed by atoms with Crippen molar-refractivity contribution in [3.05, 3.63) is 17.5 Å². The molecule has 0 amide bonds. The monoisotopic (exact) mass is 293 g/mol. The van der Waals surface area contributed by atoms with E-state index in [1.807, 2.05) is 11.8 Å². The molecule has 2 unspecified atom stereocenters. The Morgan fingerprint density at radius 3 is 2.71 bits per heavy atom. The van der Waals surface area contributed by atoms with Gasteiger partial charge in [-0.05, 0) is 19.8 Å². The maximum atomic E-state index is 11.7. The van der Waals surface area contributed by atoms with E-state index in [0.29, 0.717) is 36.9 Å². The van der Waals surface area contributed by atoms with Gasteiger partial charge in [0, 0.05) is 19.3 Å². The number of carbonyl (C=O) groups is 2. The lowest BCUT2D eigenvalue weighted by atomic mass is 9.99. The highest BCUT2D eigenvalue weighted by Gasteiger charge is 2.36. The van der Waals surface area contributed by atoms with Crippen molar-refractivity contribution in [2.45, 2.75) is 20.8 Å². The fourth-order valence-electron chi connectivity index (χ4n) is 2.47. The lowest BCUT2D eigenvalue weighted by molar-refractivity contribution is -0.142. The van der Waals surface area contributed by atoms with Crippen LogP contribution in [0.2, 0.25) is 0 Å². The molecule has 1 aromatic heterocycles. The Morgan fingerprint density at radius 1 is 1.48 bits per heavy atom. The Balaban J connectivity index is 2.18. The summed E-state index contributed by atoms with van der Waals surface area (Å²) in [6, 6.07) is 0. The summed E-state index contributed by atoms with van der Waals surface area (Å²) in [4.78, 5) is 33.2.